The van der Waals surface area contributed by atoms with Crippen LogP contribution in [-0.2, 0) is 19.1 Å². The molecule has 86 valence electrons. The Balaban J connectivity index is 2.43. The van der Waals surface area contributed by atoms with E-state index in [4.69, 9.17) is 4.74 Å². The second-order valence-electron chi connectivity index (χ2n) is 3.49. The van der Waals surface area contributed by atoms with Gasteiger partial charge in [-0.15, -0.1) is 0 Å². The number of esters is 1. The van der Waals surface area contributed by atoms with Gasteiger partial charge in [0.05, 0.1) is 7.11 Å². The number of hydrogen-bond acceptors (Lipinski definition) is 4. The van der Waals surface area contributed by atoms with Gasteiger partial charge in [-0.05, 0) is 19.3 Å². The molecule has 1 aliphatic heterocycles. The van der Waals surface area contributed by atoms with Crippen molar-refractivity contribution in [2.45, 2.75) is 38.3 Å². The fourth-order valence-corrected chi connectivity index (χ4v) is 1.52. The molecule has 5 nitrogen and oxygen atoms in total. The molecule has 1 N–H and O–H groups in total. The van der Waals surface area contributed by atoms with Gasteiger partial charge >= 0.3 is 5.97 Å². The van der Waals surface area contributed by atoms with Crippen molar-refractivity contribution in [2.75, 3.05) is 13.7 Å². The van der Waals surface area contributed by atoms with Gasteiger partial charge in [0.15, 0.2) is 0 Å². The average molecular weight is 215 g/mol. The maximum Gasteiger partial charge on any atom is 0.328 e. The molecule has 0 spiro atoms. The Morgan fingerprint density at radius 1 is 1.60 bits per heavy atom. The standard InChI is InChI=1S/C10H17NO4/c1-3-7(10(13)14-2)11-9(12)8-5-4-6-15-8/h7-8H,3-6H2,1-2H3,(H,11,12). The normalized spacial score (nSPS) is 22.1. The molecule has 0 aromatic rings. The highest BCUT2D eigenvalue weighted by atomic mass is 16.5. The van der Waals surface area contributed by atoms with Crippen LogP contribution >= 0.6 is 0 Å². The number of carbonyl (C=O) groups excluding carboxylic acids is 2. The number of nitrogens with one attached hydrogen (secondary N) is 1. The highest BCUT2D eigenvalue weighted by Gasteiger charge is 2.27. The molecule has 1 rings (SSSR count). The first-order valence-electron chi connectivity index (χ1n) is 5.18. The van der Waals surface area contributed by atoms with Crippen molar-refractivity contribution >= 4 is 11.9 Å². The van der Waals surface area contributed by atoms with Crippen LogP contribution in [0.3, 0.4) is 0 Å². The summed E-state index contributed by atoms with van der Waals surface area (Å²) in [6.07, 6.45) is 1.74. The Hall–Kier alpha value is -1.10. The average Bonchev–Trinajstić information content (AvgIpc) is 2.77. The Labute approximate surface area is 89.1 Å². The molecule has 1 aliphatic rings. The lowest BCUT2D eigenvalue weighted by molar-refractivity contribution is -0.146. The maximum absolute atomic E-state index is 11.6. The molecule has 0 saturated carbocycles. The highest BCUT2D eigenvalue weighted by Crippen LogP contribution is 2.12. The van der Waals surface area contributed by atoms with Crippen LogP contribution in [0.5, 0.6) is 0 Å². The predicted molar refractivity (Wildman–Crippen MR) is 53.2 cm³/mol. The third-order valence-corrected chi connectivity index (χ3v) is 2.43. The second kappa shape index (κ2) is 5.70. The van der Waals surface area contributed by atoms with Gasteiger partial charge < -0.3 is 14.8 Å². The molecule has 0 aliphatic carbocycles. The van der Waals surface area contributed by atoms with Crippen molar-refractivity contribution in [2.24, 2.45) is 0 Å². The van der Waals surface area contributed by atoms with Crippen molar-refractivity contribution in [3.8, 4) is 0 Å². The third kappa shape index (κ3) is 3.20. The van der Waals surface area contributed by atoms with Gasteiger partial charge in [-0.25, -0.2) is 4.79 Å². The van der Waals surface area contributed by atoms with Gasteiger partial charge in [0.2, 0.25) is 5.91 Å². The van der Waals surface area contributed by atoms with E-state index in [1.165, 1.54) is 7.11 Å². The van der Waals surface area contributed by atoms with Crippen LogP contribution in [-0.4, -0.2) is 37.7 Å². The summed E-state index contributed by atoms with van der Waals surface area (Å²) in [5.41, 5.74) is 0. The monoisotopic (exact) mass is 215 g/mol. The van der Waals surface area contributed by atoms with E-state index in [1.807, 2.05) is 6.92 Å². The summed E-state index contributed by atoms with van der Waals surface area (Å²) in [6.45, 7) is 2.43. The molecule has 15 heavy (non-hydrogen) atoms. The zero-order valence-electron chi connectivity index (χ0n) is 9.12. The molecule has 2 atom stereocenters. The van der Waals surface area contributed by atoms with E-state index in [1.54, 1.807) is 0 Å². The zero-order valence-corrected chi connectivity index (χ0v) is 9.12. The number of carbonyl (C=O) groups is 2. The molecule has 1 amide bonds. The summed E-state index contributed by atoms with van der Waals surface area (Å²) >= 11 is 0. The lowest BCUT2D eigenvalue weighted by Gasteiger charge is -2.16. The summed E-state index contributed by atoms with van der Waals surface area (Å²) in [5.74, 6) is -0.631. The molecule has 1 heterocycles. The minimum atomic E-state index is -0.563. The fourth-order valence-electron chi connectivity index (χ4n) is 1.52. The van der Waals surface area contributed by atoms with Crippen LogP contribution in [0, 0.1) is 0 Å². The van der Waals surface area contributed by atoms with Gasteiger partial charge in [0.1, 0.15) is 12.1 Å². The predicted octanol–water partition coefficient (Wildman–Crippen LogP) is 0.233. The minimum absolute atomic E-state index is 0.218. The maximum atomic E-state index is 11.6. The van der Waals surface area contributed by atoms with Gasteiger partial charge in [0.25, 0.3) is 0 Å². The summed E-state index contributed by atoms with van der Waals surface area (Å²) < 4.78 is 9.78. The lowest BCUT2D eigenvalue weighted by Crippen LogP contribution is -2.45. The van der Waals surface area contributed by atoms with E-state index in [0.717, 1.165) is 12.8 Å². The van der Waals surface area contributed by atoms with Gasteiger partial charge in [-0.3, -0.25) is 4.79 Å². The Morgan fingerprint density at radius 3 is 2.80 bits per heavy atom. The Bertz CT molecular complexity index is 236. The molecule has 0 bridgehead atoms. The summed E-state index contributed by atoms with van der Waals surface area (Å²) in [4.78, 5) is 22.8. The molecule has 5 heteroatoms. The third-order valence-electron chi connectivity index (χ3n) is 2.43. The van der Waals surface area contributed by atoms with E-state index < -0.39 is 18.1 Å². The first kappa shape index (κ1) is 12.0. The molecule has 2 unspecified atom stereocenters. The summed E-state index contributed by atoms with van der Waals surface area (Å²) in [5, 5.41) is 2.62. The number of rotatable bonds is 4. The first-order valence-corrected chi connectivity index (χ1v) is 5.18. The Morgan fingerprint density at radius 2 is 2.33 bits per heavy atom. The quantitative estimate of drug-likeness (QED) is 0.682. The summed E-state index contributed by atoms with van der Waals surface area (Å²) in [6, 6.07) is -0.563. The molecule has 0 aromatic heterocycles. The number of methoxy groups -OCH3 is 1. The van der Waals surface area contributed by atoms with Crippen molar-refractivity contribution < 1.29 is 19.1 Å². The van der Waals surface area contributed by atoms with E-state index in [0.29, 0.717) is 13.0 Å². The Kier molecular flexibility index (Phi) is 4.55. The number of ether oxygens (including phenoxy) is 2. The van der Waals surface area contributed by atoms with Crippen molar-refractivity contribution in [1.29, 1.82) is 0 Å². The van der Waals surface area contributed by atoms with Crippen LogP contribution in [0.15, 0.2) is 0 Å². The van der Waals surface area contributed by atoms with E-state index >= 15 is 0 Å². The minimum Gasteiger partial charge on any atom is -0.467 e. The van der Waals surface area contributed by atoms with Crippen LogP contribution in [0.25, 0.3) is 0 Å². The number of amides is 1. The molecule has 1 saturated heterocycles. The van der Waals surface area contributed by atoms with Crippen molar-refractivity contribution in [3.05, 3.63) is 0 Å². The highest BCUT2D eigenvalue weighted by molar-refractivity contribution is 5.87. The van der Waals surface area contributed by atoms with E-state index in [2.05, 4.69) is 10.1 Å². The summed E-state index contributed by atoms with van der Waals surface area (Å²) in [7, 11) is 1.31. The second-order valence-corrected chi connectivity index (χ2v) is 3.49. The van der Waals surface area contributed by atoms with Gasteiger partial charge in [0, 0.05) is 6.61 Å². The van der Waals surface area contributed by atoms with Crippen LogP contribution in [0.2, 0.25) is 0 Å². The van der Waals surface area contributed by atoms with Gasteiger partial charge in [-0.1, -0.05) is 6.92 Å². The van der Waals surface area contributed by atoms with Crippen molar-refractivity contribution in [3.63, 3.8) is 0 Å². The van der Waals surface area contributed by atoms with Crippen molar-refractivity contribution in [1.82, 2.24) is 5.32 Å². The van der Waals surface area contributed by atoms with E-state index in [-0.39, 0.29) is 5.91 Å². The van der Waals surface area contributed by atoms with E-state index in [9.17, 15) is 9.59 Å². The molecule has 0 aromatic carbocycles. The molecule has 1 fully saturated rings. The van der Waals surface area contributed by atoms with Crippen LogP contribution < -0.4 is 5.32 Å². The zero-order chi connectivity index (χ0) is 11.3. The molecular formula is C10H17NO4. The largest absolute Gasteiger partial charge is 0.467 e. The smallest absolute Gasteiger partial charge is 0.328 e. The SMILES string of the molecule is CCC(NC(=O)C1CCCO1)C(=O)OC. The number of hydrogen-bond donors (Lipinski definition) is 1. The topological polar surface area (TPSA) is 64.6 Å². The molecular weight excluding hydrogens is 198 g/mol. The van der Waals surface area contributed by atoms with Crippen LogP contribution in [0.4, 0.5) is 0 Å². The molecule has 0 radical (unpaired) electrons. The first-order chi connectivity index (χ1) is 7.19. The fraction of sp³-hybridized carbons (Fsp3) is 0.800. The lowest BCUT2D eigenvalue weighted by atomic mass is 10.2. The van der Waals surface area contributed by atoms with Crippen LogP contribution in [0.1, 0.15) is 26.2 Å². The van der Waals surface area contributed by atoms with Gasteiger partial charge in [-0.2, -0.15) is 0 Å².